The van der Waals surface area contributed by atoms with Crippen molar-refractivity contribution in [1.29, 1.82) is 0 Å². The summed E-state index contributed by atoms with van der Waals surface area (Å²) in [6.07, 6.45) is 0. The molecule has 20 heavy (non-hydrogen) atoms. The maximum atomic E-state index is 12.1. The molecule has 0 amide bonds. The first-order valence-electron chi connectivity index (χ1n) is 5.54. The summed E-state index contributed by atoms with van der Waals surface area (Å²) in [6, 6.07) is 12.9. The van der Waals surface area contributed by atoms with Crippen molar-refractivity contribution in [3.63, 3.8) is 0 Å². The molecule has 0 saturated heterocycles. The molecule has 2 rings (SSSR count). The van der Waals surface area contributed by atoms with Crippen LogP contribution in [0.15, 0.2) is 54.6 Å². The fourth-order valence-corrected chi connectivity index (χ4v) is 3.42. The van der Waals surface area contributed by atoms with Gasteiger partial charge in [-0.25, -0.2) is 4.57 Å². The summed E-state index contributed by atoms with van der Waals surface area (Å²) in [7, 11) is -8.80. The van der Waals surface area contributed by atoms with Gasteiger partial charge >= 0.3 is 15.2 Å². The minimum atomic E-state index is -4.59. The molecular weight excluding hydrogens is 302 g/mol. The summed E-state index contributed by atoms with van der Waals surface area (Å²) >= 11 is 0. The molecule has 0 aliphatic rings. The second kappa shape index (κ2) is 5.52. The topological polar surface area (TPSA) is 104 Å². The van der Waals surface area contributed by atoms with Crippen molar-refractivity contribution in [3.05, 3.63) is 54.6 Å². The molecule has 2 aromatic carbocycles. The van der Waals surface area contributed by atoms with Crippen molar-refractivity contribution >= 4 is 25.8 Å². The molecule has 3 N–H and O–H groups in total. The zero-order valence-electron chi connectivity index (χ0n) is 10.2. The van der Waals surface area contributed by atoms with Gasteiger partial charge in [-0.3, -0.25) is 4.57 Å². The standard InChI is InChI=1S/C12H12O6P2/c13-19(14,15)12-9-5-4-8-11(12)18-20(16,17)10-6-2-1-3-7-10/h1-9H,(H,16,17)(H2,13,14,15). The molecule has 0 spiro atoms. The highest BCUT2D eigenvalue weighted by Crippen LogP contribution is 2.45. The van der Waals surface area contributed by atoms with E-state index in [0.717, 1.165) is 6.07 Å². The van der Waals surface area contributed by atoms with Crippen LogP contribution in [-0.2, 0) is 9.13 Å². The summed E-state index contributed by atoms with van der Waals surface area (Å²) in [5.41, 5.74) is 0. The maximum Gasteiger partial charge on any atom is 0.408 e. The van der Waals surface area contributed by atoms with Gasteiger partial charge in [0, 0.05) is 0 Å². The Kier molecular flexibility index (Phi) is 4.14. The van der Waals surface area contributed by atoms with Crippen LogP contribution in [-0.4, -0.2) is 14.7 Å². The molecule has 8 heteroatoms. The van der Waals surface area contributed by atoms with Crippen molar-refractivity contribution in [2.24, 2.45) is 0 Å². The van der Waals surface area contributed by atoms with Crippen LogP contribution < -0.4 is 15.1 Å². The fraction of sp³-hybridized carbons (Fsp3) is 0. The van der Waals surface area contributed by atoms with Crippen molar-refractivity contribution < 1.29 is 28.3 Å². The maximum absolute atomic E-state index is 12.1. The van der Waals surface area contributed by atoms with E-state index in [9.17, 15) is 23.8 Å². The first-order valence-corrected chi connectivity index (χ1v) is 8.73. The second-order valence-corrected chi connectivity index (χ2v) is 7.27. The minimum Gasteiger partial charge on any atom is -0.420 e. The van der Waals surface area contributed by atoms with Crippen molar-refractivity contribution in [3.8, 4) is 5.75 Å². The molecule has 0 aromatic heterocycles. The van der Waals surface area contributed by atoms with Gasteiger partial charge in [-0.1, -0.05) is 30.3 Å². The third-order valence-electron chi connectivity index (χ3n) is 2.48. The van der Waals surface area contributed by atoms with Crippen LogP contribution in [0.5, 0.6) is 5.75 Å². The van der Waals surface area contributed by atoms with Gasteiger partial charge in [-0.05, 0) is 24.3 Å². The molecule has 106 valence electrons. The van der Waals surface area contributed by atoms with E-state index in [1.54, 1.807) is 18.2 Å². The summed E-state index contributed by atoms with van der Waals surface area (Å²) in [5, 5.41) is -0.384. The highest BCUT2D eigenvalue weighted by Gasteiger charge is 2.29. The van der Waals surface area contributed by atoms with Crippen LogP contribution in [0.25, 0.3) is 0 Å². The fourth-order valence-electron chi connectivity index (χ4n) is 1.58. The lowest BCUT2D eigenvalue weighted by molar-refractivity contribution is 0.382. The molecule has 0 aliphatic heterocycles. The highest BCUT2D eigenvalue weighted by atomic mass is 31.2. The summed E-state index contributed by atoms with van der Waals surface area (Å²) < 4.78 is 28.4. The molecule has 2 aromatic rings. The predicted molar refractivity (Wildman–Crippen MR) is 74.6 cm³/mol. The van der Waals surface area contributed by atoms with E-state index >= 15 is 0 Å². The van der Waals surface area contributed by atoms with E-state index in [-0.39, 0.29) is 11.1 Å². The van der Waals surface area contributed by atoms with E-state index in [1.807, 2.05) is 0 Å². The zero-order valence-corrected chi connectivity index (χ0v) is 11.9. The average Bonchev–Trinajstić information content (AvgIpc) is 2.39. The van der Waals surface area contributed by atoms with E-state index in [4.69, 9.17) is 4.52 Å². The van der Waals surface area contributed by atoms with E-state index < -0.39 is 20.5 Å². The van der Waals surface area contributed by atoms with Crippen molar-refractivity contribution in [2.45, 2.75) is 0 Å². The minimum absolute atomic E-state index is 0.0421. The van der Waals surface area contributed by atoms with Gasteiger partial charge in [0.15, 0.2) is 0 Å². The number of rotatable bonds is 4. The van der Waals surface area contributed by atoms with Crippen LogP contribution >= 0.6 is 15.2 Å². The van der Waals surface area contributed by atoms with Gasteiger partial charge in [-0.15, -0.1) is 0 Å². The number of para-hydroxylation sites is 1. The molecule has 1 atom stereocenters. The number of hydrogen-bond donors (Lipinski definition) is 3. The summed E-state index contributed by atoms with van der Waals surface area (Å²) in [6.45, 7) is 0. The van der Waals surface area contributed by atoms with Gasteiger partial charge in [0.1, 0.15) is 11.1 Å². The lowest BCUT2D eigenvalue weighted by Gasteiger charge is -2.16. The summed E-state index contributed by atoms with van der Waals surface area (Å²) in [4.78, 5) is 28.3. The Hall–Kier alpha value is -1.42. The third kappa shape index (κ3) is 3.37. The molecule has 6 nitrogen and oxygen atoms in total. The third-order valence-corrected chi connectivity index (χ3v) is 4.88. The van der Waals surface area contributed by atoms with Gasteiger partial charge < -0.3 is 19.2 Å². The van der Waals surface area contributed by atoms with Gasteiger partial charge in [0.2, 0.25) is 0 Å². The number of benzene rings is 2. The monoisotopic (exact) mass is 314 g/mol. The largest absolute Gasteiger partial charge is 0.420 e. The Morgan fingerprint density at radius 1 is 0.800 bits per heavy atom. The molecule has 0 aliphatic carbocycles. The molecule has 0 bridgehead atoms. The van der Waals surface area contributed by atoms with Crippen LogP contribution in [0, 0.1) is 0 Å². The smallest absolute Gasteiger partial charge is 0.408 e. The Morgan fingerprint density at radius 3 is 1.95 bits per heavy atom. The average molecular weight is 314 g/mol. The Labute approximate surface area is 115 Å². The lowest BCUT2D eigenvalue weighted by atomic mass is 10.3. The number of hydrogen-bond acceptors (Lipinski definition) is 3. The molecule has 0 heterocycles. The first-order chi connectivity index (χ1) is 9.31. The normalized spacial score (nSPS) is 14.6. The molecule has 0 fully saturated rings. The molecule has 0 saturated carbocycles. The zero-order chi connectivity index (χ0) is 14.8. The van der Waals surface area contributed by atoms with E-state index in [1.165, 1.54) is 30.3 Å². The van der Waals surface area contributed by atoms with E-state index in [0.29, 0.717) is 0 Å². The van der Waals surface area contributed by atoms with Crippen molar-refractivity contribution in [1.82, 2.24) is 0 Å². The summed E-state index contributed by atoms with van der Waals surface area (Å²) in [5.74, 6) is -0.310. The molecular formula is C12H12O6P2. The van der Waals surface area contributed by atoms with Crippen LogP contribution in [0.1, 0.15) is 0 Å². The van der Waals surface area contributed by atoms with Crippen LogP contribution in [0.4, 0.5) is 0 Å². The van der Waals surface area contributed by atoms with Crippen LogP contribution in [0.3, 0.4) is 0 Å². The van der Waals surface area contributed by atoms with E-state index in [2.05, 4.69) is 0 Å². The Morgan fingerprint density at radius 2 is 1.35 bits per heavy atom. The SMILES string of the molecule is O=P(O)(O)c1ccccc1OP(=O)(O)c1ccccc1. The second-order valence-electron chi connectivity index (χ2n) is 3.96. The molecule has 1 unspecified atom stereocenters. The Balaban J connectivity index is 2.41. The molecule has 0 radical (unpaired) electrons. The van der Waals surface area contributed by atoms with Crippen LogP contribution in [0.2, 0.25) is 0 Å². The Bertz CT molecular complexity index is 694. The highest BCUT2D eigenvalue weighted by molar-refractivity contribution is 7.62. The quantitative estimate of drug-likeness (QED) is 0.737. The van der Waals surface area contributed by atoms with Crippen molar-refractivity contribution in [2.75, 3.05) is 0 Å². The van der Waals surface area contributed by atoms with Gasteiger partial charge in [0.25, 0.3) is 0 Å². The first kappa shape index (κ1) is 15.0. The van der Waals surface area contributed by atoms with Gasteiger partial charge in [0.05, 0.1) is 5.30 Å². The predicted octanol–water partition coefficient (Wildman–Crippen LogP) is 1.38. The van der Waals surface area contributed by atoms with Gasteiger partial charge in [-0.2, -0.15) is 0 Å². The lowest BCUT2D eigenvalue weighted by Crippen LogP contribution is -2.13.